The van der Waals surface area contributed by atoms with Crippen molar-refractivity contribution in [2.45, 2.75) is 19.8 Å². The second-order valence-electron chi connectivity index (χ2n) is 4.07. The Hall–Kier alpha value is -2.17. The number of aromatic amines is 1. The van der Waals surface area contributed by atoms with E-state index in [1.54, 1.807) is 0 Å². The molecule has 2 aromatic rings. The van der Waals surface area contributed by atoms with Gasteiger partial charge in [-0.15, -0.1) is 5.10 Å². The first-order valence-electron chi connectivity index (χ1n) is 5.34. The van der Waals surface area contributed by atoms with Gasteiger partial charge < -0.3 is 5.11 Å². The van der Waals surface area contributed by atoms with Crippen molar-refractivity contribution in [1.29, 1.82) is 0 Å². The molecule has 0 saturated heterocycles. The normalized spacial score (nSPS) is 10.8. The van der Waals surface area contributed by atoms with Crippen LogP contribution in [-0.2, 0) is 0 Å². The van der Waals surface area contributed by atoms with E-state index >= 15 is 0 Å². The smallest absolute Gasteiger partial charge is 0.358 e. The third-order valence-corrected chi connectivity index (χ3v) is 2.59. The van der Waals surface area contributed by atoms with Crippen LogP contribution in [0.15, 0.2) is 24.3 Å². The zero-order valence-electron chi connectivity index (χ0n) is 9.64. The van der Waals surface area contributed by atoms with Gasteiger partial charge in [-0.1, -0.05) is 38.1 Å². The molecule has 0 unspecified atom stereocenters. The van der Waals surface area contributed by atoms with Gasteiger partial charge in [0, 0.05) is 5.56 Å². The lowest BCUT2D eigenvalue weighted by molar-refractivity contribution is 0.0691. The fourth-order valence-electron chi connectivity index (χ4n) is 1.78. The van der Waals surface area contributed by atoms with Crippen molar-refractivity contribution in [2.75, 3.05) is 0 Å². The predicted molar refractivity (Wildman–Crippen MR) is 62.9 cm³/mol. The van der Waals surface area contributed by atoms with Gasteiger partial charge in [0.05, 0.1) is 0 Å². The highest BCUT2D eigenvalue weighted by Gasteiger charge is 2.19. The number of carboxylic acids is 1. The molecule has 0 spiro atoms. The molecule has 1 aromatic heterocycles. The molecule has 0 aliphatic rings. The predicted octanol–water partition coefficient (Wildman–Crippen LogP) is 2.29. The van der Waals surface area contributed by atoms with Crippen LogP contribution in [0, 0.1) is 0 Å². The number of H-pyrrole nitrogens is 1. The Kier molecular flexibility index (Phi) is 2.91. The first kappa shape index (κ1) is 11.3. The molecule has 0 fully saturated rings. The second-order valence-corrected chi connectivity index (χ2v) is 4.07. The van der Waals surface area contributed by atoms with Gasteiger partial charge in [0.1, 0.15) is 5.69 Å². The summed E-state index contributed by atoms with van der Waals surface area (Å²) in [7, 11) is 0. The Bertz CT molecular complexity index is 546. The summed E-state index contributed by atoms with van der Waals surface area (Å²) in [6, 6.07) is 7.63. The summed E-state index contributed by atoms with van der Waals surface area (Å²) in [5, 5.41) is 19.0. The Balaban J connectivity index is 2.60. The average Bonchev–Trinajstić information content (AvgIpc) is 2.77. The molecular formula is C12H13N3O2. The van der Waals surface area contributed by atoms with Crippen LogP contribution in [0.2, 0.25) is 0 Å². The quantitative estimate of drug-likeness (QED) is 0.849. The van der Waals surface area contributed by atoms with E-state index < -0.39 is 5.97 Å². The van der Waals surface area contributed by atoms with Crippen molar-refractivity contribution in [3.05, 3.63) is 35.5 Å². The molecular weight excluding hydrogens is 218 g/mol. The van der Waals surface area contributed by atoms with Crippen LogP contribution in [0.4, 0.5) is 0 Å². The number of carboxylic acid groups (broad SMARTS) is 1. The lowest BCUT2D eigenvalue weighted by atomic mass is 9.95. The number of aromatic nitrogens is 3. The third-order valence-electron chi connectivity index (χ3n) is 2.59. The molecule has 1 aromatic carbocycles. The van der Waals surface area contributed by atoms with E-state index in [2.05, 4.69) is 29.3 Å². The van der Waals surface area contributed by atoms with E-state index in [-0.39, 0.29) is 5.69 Å². The topological polar surface area (TPSA) is 78.9 Å². The van der Waals surface area contributed by atoms with Crippen molar-refractivity contribution < 1.29 is 9.90 Å². The monoisotopic (exact) mass is 231 g/mol. The zero-order valence-corrected chi connectivity index (χ0v) is 9.64. The molecule has 17 heavy (non-hydrogen) atoms. The Labute approximate surface area is 98.5 Å². The molecule has 2 N–H and O–H groups in total. The molecule has 0 aliphatic heterocycles. The number of carbonyl (C=O) groups is 1. The largest absolute Gasteiger partial charge is 0.476 e. The standard InChI is InChI=1S/C12H13N3O2/c1-7(2)8-5-3-4-6-9(8)10-11(12(16)17)14-15-13-10/h3-7H,1-2H3,(H,16,17)(H,13,14,15). The van der Waals surface area contributed by atoms with Gasteiger partial charge in [-0.3, -0.25) is 0 Å². The van der Waals surface area contributed by atoms with E-state index in [0.29, 0.717) is 11.6 Å². The van der Waals surface area contributed by atoms with Gasteiger partial charge in [0.15, 0.2) is 5.69 Å². The second kappa shape index (κ2) is 4.37. The van der Waals surface area contributed by atoms with E-state index in [1.165, 1.54) is 0 Å². The van der Waals surface area contributed by atoms with Crippen LogP contribution in [0.25, 0.3) is 11.3 Å². The van der Waals surface area contributed by atoms with E-state index in [4.69, 9.17) is 5.11 Å². The summed E-state index contributed by atoms with van der Waals surface area (Å²) < 4.78 is 0. The van der Waals surface area contributed by atoms with Crippen LogP contribution >= 0.6 is 0 Å². The van der Waals surface area contributed by atoms with Crippen molar-refractivity contribution in [3.8, 4) is 11.3 Å². The van der Waals surface area contributed by atoms with Crippen molar-refractivity contribution in [3.63, 3.8) is 0 Å². The van der Waals surface area contributed by atoms with Crippen LogP contribution in [-0.4, -0.2) is 26.5 Å². The number of nitrogens with zero attached hydrogens (tertiary/aromatic N) is 2. The van der Waals surface area contributed by atoms with Gasteiger partial charge in [-0.2, -0.15) is 10.3 Å². The lowest BCUT2D eigenvalue weighted by Crippen LogP contribution is -2.01. The number of nitrogens with one attached hydrogen (secondary N) is 1. The minimum absolute atomic E-state index is 0.0434. The van der Waals surface area contributed by atoms with Crippen LogP contribution in [0.5, 0.6) is 0 Å². The molecule has 1 heterocycles. The molecule has 0 radical (unpaired) electrons. The van der Waals surface area contributed by atoms with E-state index in [1.807, 2.05) is 24.3 Å². The van der Waals surface area contributed by atoms with Crippen molar-refractivity contribution >= 4 is 5.97 Å². The van der Waals surface area contributed by atoms with Gasteiger partial charge in [0.25, 0.3) is 0 Å². The summed E-state index contributed by atoms with van der Waals surface area (Å²) >= 11 is 0. The molecule has 0 saturated carbocycles. The number of benzene rings is 1. The Morgan fingerprint density at radius 3 is 2.65 bits per heavy atom. The number of rotatable bonds is 3. The molecule has 88 valence electrons. The summed E-state index contributed by atoms with van der Waals surface area (Å²) in [6.07, 6.45) is 0. The lowest BCUT2D eigenvalue weighted by Gasteiger charge is -2.10. The summed E-state index contributed by atoms with van der Waals surface area (Å²) in [6.45, 7) is 4.11. The maximum Gasteiger partial charge on any atom is 0.358 e. The average molecular weight is 231 g/mol. The highest BCUT2D eigenvalue weighted by atomic mass is 16.4. The van der Waals surface area contributed by atoms with Crippen LogP contribution < -0.4 is 0 Å². The fraction of sp³-hybridized carbons (Fsp3) is 0.250. The summed E-state index contributed by atoms with van der Waals surface area (Å²) in [4.78, 5) is 11.0. The van der Waals surface area contributed by atoms with Gasteiger partial charge in [-0.25, -0.2) is 4.79 Å². The maximum absolute atomic E-state index is 11.0. The van der Waals surface area contributed by atoms with Gasteiger partial charge in [-0.05, 0) is 11.5 Å². The molecule has 0 atom stereocenters. The van der Waals surface area contributed by atoms with E-state index in [0.717, 1.165) is 11.1 Å². The molecule has 0 amide bonds. The molecule has 0 aliphatic carbocycles. The summed E-state index contributed by atoms with van der Waals surface area (Å²) in [5.74, 6) is -0.781. The van der Waals surface area contributed by atoms with E-state index in [9.17, 15) is 4.79 Å². The van der Waals surface area contributed by atoms with Crippen LogP contribution in [0.1, 0.15) is 35.8 Å². The molecule has 5 heteroatoms. The minimum atomic E-state index is -1.08. The third kappa shape index (κ3) is 2.04. The zero-order chi connectivity index (χ0) is 12.4. The molecule has 2 rings (SSSR count). The Morgan fingerprint density at radius 2 is 2.00 bits per heavy atom. The first-order valence-corrected chi connectivity index (χ1v) is 5.34. The summed E-state index contributed by atoms with van der Waals surface area (Å²) in [5.41, 5.74) is 2.22. The SMILES string of the molecule is CC(C)c1ccccc1-c1n[nH]nc1C(=O)O. The number of aromatic carboxylic acids is 1. The van der Waals surface area contributed by atoms with Crippen molar-refractivity contribution in [2.24, 2.45) is 0 Å². The highest BCUT2D eigenvalue weighted by Crippen LogP contribution is 2.28. The van der Waals surface area contributed by atoms with Crippen LogP contribution in [0.3, 0.4) is 0 Å². The van der Waals surface area contributed by atoms with Gasteiger partial charge in [0.2, 0.25) is 0 Å². The number of hydrogen-bond acceptors (Lipinski definition) is 3. The number of hydrogen-bond donors (Lipinski definition) is 2. The maximum atomic E-state index is 11.0. The fourth-order valence-corrected chi connectivity index (χ4v) is 1.78. The Morgan fingerprint density at radius 1 is 1.29 bits per heavy atom. The van der Waals surface area contributed by atoms with Crippen molar-refractivity contribution in [1.82, 2.24) is 15.4 Å². The molecule has 0 bridgehead atoms. The highest BCUT2D eigenvalue weighted by molar-refractivity contribution is 5.92. The molecule has 5 nitrogen and oxygen atoms in total. The first-order chi connectivity index (χ1) is 8.11. The minimum Gasteiger partial charge on any atom is -0.476 e. The van der Waals surface area contributed by atoms with Gasteiger partial charge >= 0.3 is 5.97 Å².